The molecule has 2 atom stereocenters. The molecule has 1 aliphatic heterocycles. The van der Waals surface area contributed by atoms with Crippen LogP contribution < -0.4 is 19.7 Å². The van der Waals surface area contributed by atoms with Gasteiger partial charge in [0.25, 0.3) is 0 Å². The summed E-state index contributed by atoms with van der Waals surface area (Å²) in [7, 11) is 4.93. The fourth-order valence-electron chi connectivity index (χ4n) is 4.00. The summed E-state index contributed by atoms with van der Waals surface area (Å²) in [6.07, 6.45) is 3.42. The van der Waals surface area contributed by atoms with Crippen molar-refractivity contribution < 1.29 is 23.5 Å². The first-order chi connectivity index (χ1) is 15.9. The van der Waals surface area contributed by atoms with Crippen LogP contribution in [0, 0.1) is 11.7 Å². The molecule has 0 bridgehead atoms. The van der Waals surface area contributed by atoms with Crippen molar-refractivity contribution >= 4 is 17.5 Å². The molecule has 1 saturated heterocycles. The number of rotatable bonds is 7. The maximum Gasteiger partial charge on any atom is 0.227 e. The Morgan fingerprint density at radius 2 is 1.88 bits per heavy atom. The summed E-state index contributed by atoms with van der Waals surface area (Å²) >= 11 is 0. The van der Waals surface area contributed by atoms with Gasteiger partial charge >= 0.3 is 0 Å². The minimum absolute atomic E-state index is 0.00507. The van der Waals surface area contributed by atoms with Crippen LogP contribution in [0.3, 0.4) is 0 Å². The number of imidazole rings is 1. The lowest BCUT2D eigenvalue weighted by atomic mass is 10.0. The topological polar surface area (TPSA) is 85.7 Å². The summed E-state index contributed by atoms with van der Waals surface area (Å²) in [5, 5.41) is 3.02. The van der Waals surface area contributed by atoms with E-state index in [1.807, 2.05) is 11.6 Å². The number of carbonyl (C=O) groups excluding carboxylic acids is 2. The summed E-state index contributed by atoms with van der Waals surface area (Å²) < 4.78 is 26.8. The number of para-hydroxylation sites is 1. The van der Waals surface area contributed by atoms with E-state index in [2.05, 4.69) is 10.3 Å². The minimum atomic E-state index is -0.632. The molecule has 2 amide bonds. The van der Waals surface area contributed by atoms with Gasteiger partial charge < -0.3 is 24.3 Å². The highest BCUT2D eigenvalue weighted by atomic mass is 19.1. The van der Waals surface area contributed by atoms with Gasteiger partial charge in [-0.3, -0.25) is 9.59 Å². The summed E-state index contributed by atoms with van der Waals surface area (Å²) in [6.45, 7) is 0.0975. The van der Waals surface area contributed by atoms with Gasteiger partial charge in [-0.15, -0.1) is 0 Å². The van der Waals surface area contributed by atoms with Gasteiger partial charge in [-0.2, -0.15) is 0 Å². The SMILES string of the molecule is COc1cc(OC)cc([C@@H](NC(=O)[C@H]2CC(=O)N(c3ccccc3F)C2)c2nccn2C)c1. The van der Waals surface area contributed by atoms with Crippen LogP contribution in [0.1, 0.15) is 23.9 Å². The van der Waals surface area contributed by atoms with E-state index in [0.29, 0.717) is 22.9 Å². The third-order valence-corrected chi connectivity index (χ3v) is 5.75. The molecular formula is C24H25FN4O4. The maximum absolute atomic E-state index is 14.2. The molecule has 33 heavy (non-hydrogen) atoms. The van der Waals surface area contributed by atoms with Gasteiger partial charge in [0.1, 0.15) is 29.2 Å². The summed E-state index contributed by atoms with van der Waals surface area (Å²) in [5.41, 5.74) is 0.889. The Balaban J connectivity index is 1.61. The van der Waals surface area contributed by atoms with Crippen molar-refractivity contribution in [3.8, 4) is 11.5 Å². The van der Waals surface area contributed by atoms with E-state index in [0.717, 1.165) is 0 Å². The van der Waals surface area contributed by atoms with Crippen LogP contribution in [0.2, 0.25) is 0 Å². The summed E-state index contributed by atoms with van der Waals surface area (Å²) in [4.78, 5) is 31.6. The van der Waals surface area contributed by atoms with Crippen molar-refractivity contribution in [1.82, 2.24) is 14.9 Å². The molecule has 9 heteroatoms. The van der Waals surface area contributed by atoms with Crippen molar-refractivity contribution in [3.05, 3.63) is 72.1 Å². The van der Waals surface area contributed by atoms with Gasteiger partial charge in [0, 0.05) is 38.5 Å². The van der Waals surface area contributed by atoms with Gasteiger partial charge in [0.15, 0.2) is 0 Å². The number of nitrogens with zero attached hydrogens (tertiary/aromatic N) is 3. The zero-order chi connectivity index (χ0) is 23.5. The lowest BCUT2D eigenvalue weighted by molar-refractivity contribution is -0.126. The number of halogens is 1. The zero-order valence-electron chi connectivity index (χ0n) is 18.6. The van der Waals surface area contributed by atoms with E-state index in [-0.39, 0.29) is 30.5 Å². The van der Waals surface area contributed by atoms with Crippen LogP contribution in [-0.2, 0) is 16.6 Å². The molecule has 3 aromatic rings. The number of aromatic nitrogens is 2. The summed E-state index contributed by atoms with van der Waals surface area (Å²) in [6, 6.07) is 10.8. The fourth-order valence-corrected chi connectivity index (χ4v) is 4.00. The number of nitrogens with one attached hydrogen (secondary N) is 1. The Morgan fingerprint density at radius 1 is 1.18 bits per heavy atom. The Kier molecular flexibility index (Phi) is 6.30. The standard InChI is InChI=1S/C24H25FN4O4/c1-28-9-8-26-23(28)22(15-10-17(32-2)13-18(11-15)33-3)27-24(31)16-12-21(30)29(14-16)20-7-5-4-6-19(20)25/h4-11,13,16,22H,12,14H2,1-3H3,(H,27,31)/t16-,22+/m0/s1. The number of aryl methyl sites for hydroxylation is 1. The van der Waals surface area contributed by atoms with Crippen LogP contribution in [0.4, 0.5) is 10.1 Å². The molecule has 2 heterocycles. The molecule has 1 N–H and O–H groups in total. The first-order valence-corrected chi connectivity index (χ1v) is 10.5. The molecule has 2 aromatic carbocycles. The zero-order valence-corrected chi connectivity index (χ0v) is 18.6. The molecule has 0 aliphatic carbocycles. The van der Waals surface area contributed by atoms with Crippen LogP contribution in [0.15, 0.2) is 54.9 Å². The van der Waals surface area contributed by atoms with Crippen LogP contribution in [0.25, 0.3) is 0 Å². The molecule has 1 aromatic heterocycles. The number of hydrogen-bond donors (Lipinski definition) is 1. The predicted molar refractivity (Wildman–Crippen MR) is 120 cm³/mol. The number of methoxy groups -OCH3 is 2. The van der Waals surface area contributed by atoms with E-state index < -0.39 is 17.8 Å². The highest BCUT2D eigenvalue weighted by Gasteiger charge is 2.37. The molecule has 0 spiro atoms. The first kappa shape index (κ1) is 22.3. The largest absolute Gasteiger partial charge is 0.497 e. The number of hydrogen-bond acceptors (Lipinski definition) is 5. The molecule has 0 radical (unpaired) electrons. The Bertz CT molecular complexity index is 1160. The van der Waals surface area contributed by atoms with Crippen molar-refractivity contribution in [2.75, 3.05) is 25.7 Å². The third-order valence-electron chi connectivity index (χ3n) is 5.75. The van der Waals surface area contributed by atoms with Crippen molar-refractivity contribution in [3.63, 3.8) is 0 Å². The lowest BCUT2D eigenvalue weighted by Crippen LogP contribution is -2.37. The smallest absolute Gasteiger partial charge is 0.227 e. The Morgan fingerprint density at radius 3 is 2.48 bits per heavy atom. The van der Waals surface area contributed by atoms with Gasteiger partial charge in [-0.1, -0.05) is 12.1 Å². The number of amides is 2. The van der Waals surface area contributed by atoms with Crippen molar-refractivity contribution in [1.29, 1.82) is 0 Å². The van der Waals surface area contributed by atoms with E-state index >= 15 is 0 Å². The number of ether oxygens (including phenoxy) is 2. The van der Waals surface area contributed by atoms with Crippen LogP contribution >= 0.6 is 0 Å². The molecule has 4 rings (SSSR count). The second-order valence-electron chi connectivity index (χ2n) is 7.84. The molecule has 8 nitrogen and oxygen atoms in total. The average molecular weight is 452 g/mol. The lowest BCUT2D eigenvalue weighted by Gasteiger charge is -2.22. The number of benzene rings is 2. The number of anilines is 1. The molecule has 172 valence electrons. The summed E-state index contributed by atoms with van der Waals surface area (Å²) in [5.74, 6) is -0.00411. The first-order valence-electron chi connectivity index (χ1n) is 10.5. The Labute approximate surface area is 190 Å². The highest BCUT2D eigenvalue weighted by molar-refractivity contribution is 6.00. The highest BCUT2D eigenvalue weighted by Crippen LogP contribution is 2.31. The quantitative estimate of drug-likeness (QED) is 0.596. The van der Waals surface area contributed by atoms with E-state index in [9.17, 15) is 14.0 Å². The molecule has 0 unspecified atom stereocenters. The molecule has 0 saturated carbocycles. The second kappa shape index (κ2) is 9.32. The third kappa shape index (κ3) is 4.52. The maximum atomic E-state index is 14.2. The second-order valence-corrected chi connectivity index (χ2v) is 7.84. The van der Waals surface area contributed by atoms with Crippen molar-refractivity contribution in [2.45, 2.75) is 12.5 Å². The molecule has 1 fully saturated rings. The van der Waals surface area contributed by atoms with E-state index in [1.54, 1.807) is 56.9 Å². The van der Waals surface area contributed by atoms with Gasteiger partial charge in [0.05, 0.1) is 25.8 Å². The predicted octanol–water partition coefficient (Wildman–Crippen LogP) is 2.84. The molecule has 1 aliphatic rings. The Hall–Kier alpha value is -3.88. The van der Waals surface area contributed by atoms with E-state index in [1.165, 1.54) is 17.0 Å². The van der Waals surface area contributed by atoms with Gasteiger partial charge in [-0.25, -0.2) is 9.37 Å². The van der Waals surface area contributed by atoms with Gasteiger partial charge in [0.2, 0.25) is 11.8 Å². The van der Waals surface area contributed by atoms with E-state index in [4.69, 9.17) is 9.47 Å². The fraction of sp³-hybridized carbons (Fsp3) is 0.292. The average Bonchev–Trinajstić information content (AvgIpc) is 3.42. The molecular weight excluding hydrogens is 427 g/mol. The van der Waals surface area contributed by atoms with Crippen LogP contribution in [-0.4, -0.2) is 42.1 Å². The van der Waals surface area contributed by atoms with Crippen LogP contribution in [0.5, 0.6) is 11.5 Å². The minimum Gasteiger partial charge on any atom is -0.497 e. The number of carbonyl (C=O) groups is 2. The normalized spacial score (nSPS) is 16.5. The van der Waals surface area contributed by atoms with Crippen molar-refractivity contribution in [2.24, 2.45) is 13.0 Å². The van der Waals surface area contributed by atoms with Gasteiger partial charge in [-0.05, 0) is 29.8 Å². The monoisotopic (exact) mass is 452 g/mol.